The molecule has 0 aliphatic heterocycles. The minimum atomic E-state index is 1.11. The fourth-order valence-electron chi connectivity index (χ4n) is 1.69. The molecule has 0 saturated carbocycles. The Kier molecular flexibility index (Phi) is 3.50. The summed E-state index contributed by atoms with van der Waals surface area (Å²) in [5.74, 6) is 0. The van der Waals surface area contributed by atoms with E-state index in [-0.39, 0.29) is 0 Å². The van der Waals surface area contributed by atoms with E-state index >= 15 is 0 Å². The van der Waals surface area contributed by atoms with E-state index in [0.29, 0.717) is 0 Å². The van der Waals surface area contributed by atoms with E-state index in [1.165, 1.54) is 17.5 Å². The third-order valence-electron chi connectivity index (χ3n) is 2.50. The van der Waals surface area contributed by atoms with Gasteiger partial charge in [-0.15, -0.1) is 0 Å². The molecule has 0 unspecified atom stereocenters. The summed E-state index contributed by atoms with van der Waals surface area (Å²) >= 11 is 0. The molecule has 1 nitrogen and oxygen atoms in total. The van der Waals surface area contributed by atoms with Gasteiger partial charge in [0, 0.05) is 12.4 Å². The zero-order chi connectivity index (χ0) is 10.3. The standard InChI is InChI=1S/C14H15N/c1-2-6-13(7-3-1)8-4-9-14-10-5-11-15-12-14/h1-3,5-7,10-12H,4,8-9H2. The van der Waals surface area contributed by atoms with Crippen molar-refractivity contribution in [1.29, 1.82) is 0 Å². The summed E-state index contributed by atoms with van der Waals surface area (Å²) in [4.78, 5) is 4.11. The molecule has 0 aliphatic carbocycles. The van der Waals surface area contributed by atoms with Crippen LogP contribution in [0, 0.1) is 0 Å². The smallest absolute Gasteiger partial charge is 0.0299 e. The maximum absolute atomic E-state index is 4.11. The first-order valence-corrected chi connectivity index (χ1v) is 5.38. The van der Waals surface area contributed by atoms with Gasteiger partial charge in [-0.1, -0.05) is 36.4 Å². The number of hydrogen-bond donors (Lipinski definition) is 0. The van der Waals surface area contributed by atoms with Gasteiger partial charge in [0.15, 0.2) is 0 Å². The number of aryl methyl sites for hydroxylation is 2. The first-order chi connectivity index (χ1) is 7.45. The first-order valence-electron chi connectivity index (χ1n) is 5.38. The van der Waals surface area contributed by atoms with E-state index in [4.69, 9.17) is 0 Å². The SMILES string of the molecule is c1ccc(CCCc2cccnc2)cc1. The van der Waals surface area contributed by atoms with Crippen LogP contribution < -0.4 is 0 Å². The van der Waals surface area contributed by atoms with Gasteiger partial charge in [-0.3, -0.25) is 4.98 Å². The van der Waals surface area contributed by atoms with Crippen molar-refractivity contribution in [1.82, 2.24) is 4.98 Å². The summed E-state index contributed by atoms with van der Waals surface area (Å²) in [6, 6.07) is 14.8. The first kappa shape index (κ1) is 9.91. The van der Waals surface area contributed by atoms with Crippen LogP contribution in [0.15, 0.2) is 54.9 Å². The minimum absolute atomic E-state index is 1.11. The molecule has 2 rings (SSSR count). The Morgan fingerprint density at radius 2 is 1.53 bits per heavy atom. The van der Waals surface area contributed by atoms with Gasteiger partial charge in [-0.25, -0.2) is 0 Å². The van der Waals surface area contributed by atoms with Gasteiger partial charge in [0.05, 0.1) is 0 Å². The van der Waals surface area contributed by atoms with Gasteiger partial charge < -0.3 is 0 Å². The number of nitrogens with zero attached hydrogens (tertiary/aromatic N) is 1. The van der Waals surface area contributed by atoms with Crippen LogP contribution >= 0.6 is 0 Å². The highest BCUT2D eigenvalue weighted by Gasteiger charge is 1.94. The lowest BCUT2D eigenvalue weighted by atomic mass is 10.1. The van der Waals surface area contributed by atoms with E-state index in [9.17, 15) is 0 Å². The highest BCUT2D eigenvalue weighted by Crippen LogP contribution is 2.06. The van der Waals surface area contributed by atoms with Crippen LogP contribution in [0.4, 0.5) is 0 Å². The Balaban J connectivity index is 1.81. The molecule has 0 radical (unpaired) electrons. The summed E-state index contributed by atoms with van der Waals surface area (Å²) < 4.78 is 0. The van der Waals surface area contributed by atoms with Crippen molar-refractivity contribution >= 4 is 0 Å². The quantitative estimate of drug-likeness (QED) is 0.733. The van der Waals surface area contributed by atoms with Gasteiger partial charge in [0.25, 0.3) is 0 Å². The van der Waals surface area contributed by atoms with Crippen LogP contribution in [0.1, 0.15) is 17.5 Å². The minimum Gasteiger partial charge on any atom is -0.264 e. The molecule has 2 aromatic rings. The second kappa shape index (κ2) is 5.30. The molecule has 0 N–H and O–H groups in total. The monoisotopic (exact) mass is 197 g/mol. The third kappa shape index (κ3) is 3.21. The molecule has 0 bridgehead atoms. The molecule has 76 valence electrons. The van der Waals surface area contributed by atoms with E-state index in [1.807, 2.05) is 18.5 Å². The Labute approximate surface area is 90.8 Å². The largest absolute Gasteiger partial charge is 0.264 e. The lowest BCUT2D eigenvalue weighted by molar-refractivity contribution is 0.817. The topological polar surface area (TPSA) is 12.9 Å². The van der Waals surface area contributed by atoms with Crippen molar-refractivity contribution in [2.24, 2.45) is 0 Å². The maximum atomic E-state index is 4.11. The number of hydrogen-bond acceptors (Lipinski definition) is 1. The van der Waals surface area contributed by atoms with Crippen molar-refractivity contribution in [3.8, 4) is 0 Å². The molecule has 0 saturated heterocycles. The molecule has 1 heterocycles. The van der Waals surface area contributed by atoms with Gasteiger partial charge in [-0.2, -0.15) is 0 Å². The lowest BCUT2D eigenvalue weighted by Crippen LogP contribution is -1.90. The summed E-state index contributed by atoms with van der Waals surface area (Å²) in [6.07, 6.45) is 7.22. The van der Waals surface area contributed by atoms with E-state index < -0.39 is 0 Å². The molecular weight excluding hydrogens is 182 g/mol. The number of rotatable bonds is 4. The lowest BCUT2D eigenvalue weighted by Gasteiger charge is -2.01. The normalized spacial score (nSPS) is 10.1. The predicted molar refractivity (Wildman–Crippen MR) is 62.7 cm³/mol. The zero-order valence-corrected chi connectivity index (χ0v) is 8.76. The summed E-state index contributed by atoms with van der Waals surface area (Å²) in [7, 11) is 0. The van der Waals surface area contributed by atoms with Gasteiger partial charge in [-0.05, 0) is 36.5 Å². The van der Waals surface area contributed by atoms with Crippen LogP contribution in [0.3, 0.4) is 0 Å². The van der Waals surface area contributed by atoms with Crippen LogP contribution in [0.25, 0.3) is 0 Å². The molecule has 15 heavy (non-hydrogen) atoms. The Bertz CT molecular complexity index is 341. The number of benzene rings is 1. The zero-order valence-electron chi connectivity index (χ0n) is 8.76. The van der Waals surface area contributed by atoms with Crippen LogP contribution in [-0.2, 0) is 12.8 Å². The molecule has 0 fully saturated rings. The Morgan fingerprint density at radius 1 is 0.800 bits per heavy atom. The van der Waals surface area contributed by atoms with E-state index in [0.717, 1.165) is 12.8 Å². The van der Waals surface area contributed by atoms with E-state index in [1.54, 1.807) is 0 Å². The second-order valence-electron chi connectivity index (χ2n) is 3.70. The molecule has 0 amide bonds. The Hall–Kier alpha value is -1.63. The molecule has 1 heteroatoms. The fourth-order valence-corrected chi connectivity index (χ4v) is 1.69. The summed E-state index contributed by atoms with van der Waals surface area (Å²) in [6.45, 7) is 0. The van der Waals surface area contributed by atoms with Crippen molar-refractivity contribution in [2.75, 3.05) is 0 Å². The number of aromatic nitrogens is 1. The fraction of sp³-hybridized carbons (Fsp3) is 0.214. The molecule has 1 aromatic carbocycles. The molecule has 0 atom stereocenters. The highest BCUT2D eigenvalue weighted by molar-refractivity contribution is 5.15. The van der Waals surface area contributed by atoms with Crippen LogP contribution in [0.2, 0.25) is 0 Å². The van der Waals surface area contributed by atoms with Crippen molar-refractivity contribution < 1.29 is 0 Å². The van der Waals surface area contributed by atoms with E-state index in [2.05, 4.69) is 41.4 Å². The maximum Gasteiger partial charge on any atom is 0.0299 e. The molecule has 0 spiro atoms. The van der Waals surface area contributed by atoms with Crippen LogP contribution in [-0.4, -0.2) is 4.98 Å². The second-order valence-corrected chi connectivity index (χ2v) is 3.70. The van der Waals surface area contributed by atoms with Gasteiger partial charge >= 0.3 is 0 Å². The van der Waals surface area contributed by atoms with Crippen molar-refractivity contribution in [2.45, 2.75) is 19.3 Å². The number of pyridine rings is 1. The Morgan fingerprint density at radius 3 is 2.27 bits per heavy atom. The highest BCUT2D eigenvalue weighted by atomic mass is 14.6. The predicted octanol–water partition coefficient (Wildman–Crippen LogP) is 3.26. The van der Waals surface area contributed by atoms with Crippen molar-refractivity contribution in [3.05, 3.63) is 66.0 Å². The van der Waals surface area contributed by atoms with Crippen molar-refractivity contribution in [3.63, 3.8) is 0 Å². The average Bonchev–Trinajstić information content (AvgIpc) is 2.32. The van der Waals surface area contributed by atoms with Crippen LogP contribution in [0.5, 0.6) is 0 Å². The summed E-state index contributed by atoms with van der Waals surface area (Å²) in [5, 5.41) is 0. The molecule has 1 aromatic heterocycles. The van der Waals surface area contributed by atoms with Gasteiger partial charge in [0.2, 0.25) is 0 Å². The summed E-state index contributed by atoms with van der Waals surface area (Å²) in [5.41, 5.74) is 2.75. The molecule has 0 aliphatic rings. The van der Waals surface area contributed by atoms with Gasteiger partial charge in [0.1, 0.15) is 0 Å². The molecular formula is C14H15N. The third-order valence-corrected chi connectivity index (χ3v) is 2.50. The average molecular weight is 197 g/mol.